The Morgan fingerprint density at radius 2 is 1.88 bits per heavy atom. The van der Waals surface area contributed by atoms with Crippen molar-refractivity contribution in [3.8, 4) is 0 Å². The van der Waals surface area contributed by atoms with Crippen LogP contribution in [0.15, 0.2) is 18.2 Å². The van der Waals surface area contributed by atoms with Gasteiger partial charge >= 0.3 is 12.1 Å². The molecule has 2 N–H and O–H groups in total. The second-order valence-electron chi connectivity index (χ2n) is 5.96. The molecule has 1 aromatic rings. The Balaban J connectivity index is 1.88. The van der Waals surface area contributed by atoms with Gasteiger partial charge in [-0.3, -0.25) is 14.5 Å². The number of carbonyl (C=O) groups excluding carboxylic acids is 1. The van der Waals surface area contributed by atoms with E-state index in [0.717, 1.165) is 12.1 Å². The maximum atomic E-state index is 13.0. The summed E-state index contributed by atoms with van der Waals surface area (Å²) in [7, 11) is 0. The van der Waals surface area contributed by atoms with Crippen molar-refractivity contribution < 1.29 is 32.3 Å². The van der Waals surface area contributed by atoms with Gasteiger partial charge < -0.3 is 10.4 Å². The summed E-state index contributed by atoms with van der Waals surface area (Å²) in [6.07, 6.45) is -3.85. The van der Waals surface area contributed by atoms with Crippen LogP contribution in [0.1, 0.15) is 24.0 Å². The molecule has 0 aliphatic carbocycles. The number of carboxylic acid groups (broad SMARTS) is 1. The number of aliphatic carboxylic acids is 1. The normalized spacial score (nSPS) is 16.6. The highest BCUT2D eigenvalue weighted by atomic mass is 19.4. The van der Waals surface area contributed by atoms with Crippen molar-refractivity contribution in [3.05, 3.63) is 35.1 Å². The molecule has 1 heterocycles. The lowest BCUT2D eigenvalue weighted by atomic mass is 9.97. The summed E-state index contributed by atoms with van der Waals surface area (Å²) in [5, 5.41) is 11.3. The molecule has 0 spiro atoms. The van der Waals surface area contributed by atoms with Crippen molar-refractivity contribution in [1.29, 1.82) is 0 Å². The van der Waals surface area contributed by atoms with Gasteiger partial charge in [-0.25, -0.2) is 4.39 Å². The van der Waals surface area contributed by atoms with Crippen LogP contribution in [0.2, 0.25) is 0 Å². The summed E-state index contributed by atoms with van der Waals surface area (Å²) in [4.78, 5) is 24.5. The monoisotopic (exact) mass is 362 g/mol. The molecular formula is C16H18F4N2O3. The number of benzene rings is 1. The number of rotatable bonds is 5. The topological polar surface area (TPSA) is 69.6 Å². The predicted octanol–water partition coefficient (Wildman–Crippen LogP) is 2.26. The summed E-state index contributed by atoms with van der Waals surface area (Å²) in [6, 6.07) is 2.31. The molecule has 5 nitrogen and oxygen atoms in total. The van der Waals surface area contributed by atoms with Crippen LogP contribution in [0, 0.1) is 11.7 Å². The molecule has 138 valence electrons. The molecule has 1 saturated heterocycles. The number of carboxylic acids is 1. The van der Waals surface area contributed by atoms with Crippen LogP contribution in [-0.2, 0) is 22.3 Å². The van der Waals surface area contributed by atoms with Gasteiger partial charge in [-0.1, -0.05) is 6.07 Å². The molecule has 0 radical (unpaired) electrons. The average Bonchev–Trinajstić information content (AvgIpc) is 2.53. The van der Waals surface area contributed by atoms with Gasteiger partial charge in [0.15, 0.2) is 0 Å². The Morgan fingerprint density at radius 1 is 1.24 bits per heavy atom. The van der Waals surface area contributed by atoms with E-state index >= 15 is 0 Å². The minimum absolute atomic E-state index is 0.0190. The Bertz CT molecular complexity index is 641. The first-order chi connectivity index (χ1) is 11.7. The van der Waals surface area contributed by atoms with E-state index in [2.05, 4.69) is 5.32 Å². The number of alkyl halides is 3. The van der Waals surface area contributed by atoms with Crippen molar-refractivity contribution in [2.75, 3.05) is 19.6 Å². The number of hydrogen-bond acceptors (Lipinski definition) is 3. The van der Waals surface area contributed by atoms with Gasteiger partial charge in [-0.05, 0) is 43.6 Å². The van der Waals surface area contributed by atoms with E-state index < -0.39 is 35.4 Å². The summed E-state index contributed by atoms with van der Waals surface area (Å²) in [6.45, 7) is 0.498. The van der Waals surface area contributed by atoms with Gasteiger partial charge in [0.1, 0.15) is 5.82 Å². The van der Waals surface area contributed by atoms with Crippen LogP contribution in [0.4, 0.5) is 17.6 Å². The van der Waals surface area contributed by atoms with Crippen molar-refractivity contribution in [3.63, 3.8) is 0 Å². The molecule has 9 heteroatoms. The van der Waals surface area contributed by atoms with Gasteiger partial charge in [0.2, 0.25) is 5.91 Å². The van der Waals surface area contributed by atoms with E-state index in [9.17, 15) is 27.2 Å². The number of amides is 1. The number of carbonyl (C=O) groups is 2. The molecule has 0 aromatic heterocycles. The zero-order chi connectivity index (χ0) is 18.6. The summed E-state index contributed by atoms with van der Waals surface area (Å²) < 4.78 is 51.7. The van der Waals surface area contributed by atoms with Crippen molar-refractivity contribution in [1.82, 2.24) is 10.2 Å². The van der Waals surface area contributed by atoms with Crippen molar-refractivity contribution in [2.24, 2.45) is 5.92 Å². The van der Waals surface area contributed by atoms with Gasteiger partial charge in [0, 0.05) is 6.54 Å². The van der Waals surface area contributed by atoms with E-state index in [1.807, 2.05) is 0 Å². The number of halogens is 4. The van der Waals surface area contributed by atoms with Gasteiger partial charge in [-0.2, -0.15) is 13.2 Å². The fourth-order valence-electron chi connectivity index (χ4n) is 2.76. The molecule has 1 fully saturated rings. The maximum Gasteiger partial charge on any atom is 0.416 e. The molecule has 1 amide bonds. The van der Waals surface area contributed by atoms with Crippen molar-refractivity contribution in [2.45, 2.75) is 25.6 Å². The predicted molar refractivity (Wildman–Crippen MR) is 80.0 cm³/mol. The van der Waals surface area contributed by atoms with E-state index in [1.165, 1.54) is 0 Å². The SMILES string of the molecule is O=C(CN1CCC(C(=O)O)CC1)NCc1ccc(F)cc1C(F)(F)F. The van der Waals surface area contributed by atoms with Gasteiger partial charge in [0.05, 0.1) is 18.0 Å². The lowest BCUT2D eigenvalue weighted by molar-refractivity contribution is -0.143. The number of piperidine rings is 1. The highest BCUT2D eigenvalue weighted by Crippen LogP contribution is 2.32. The van der Waals surface area contributed by atoms with Crippen LogP contribution < -0.4 is 5.32 Å². The fourth-order valence-corrected chi connectivity index (χ4v) is 2.76. The highest BCUT2D eigenvalue weighted by Gasteiger charge is 2.33. The zero-order valence-corrected chi connectivity index (χ0v) is 13.3. The smallest absolute Gasteiger partial charge is 0.416 e. The zero-order valence-electron chi connectivity index (χ0n) is 13.3. The largest absolute Gasteiger partial charge is 0.481 e. The number of hydrogen-bond donors (Lipinski definition) is 2. The van der Waals surface area contributed by atoms with Crippen LogP contribution in [-0.4, -0.2) is 41.5 Å². The van der Waals surface area contributed by atoms with E-state index in [0.29, 0.717) is 32.0 Å². The van der Waals surface area contributed by atoms with Crippen LogP contribution in [0.5, 0.6) is 0 Å². The average molecular weight is 362 g/mol. The molecule has 0 bridgehead atoms. The van der Waals surface area contributed by atoms with E-state index in [1.54, 1.807) is 4.90 Å². The lowest BCUT2D eigenvalue weighted by Gasteiger charge is -2.29. The maximum absolute atomic E-state index is 13.0. The molecule has 0 saturated carbocycles. The first-order valence-electron chi connectivity index (χ1n) is 7.74. The van der Waals surface area contributed by atoms with E-state index in [-0.39, 0.29) is 18.7 Å². The number of likely N-dealkylation sites (tertiary alicyclic amines) is 1. The highest BCUT2D eigenvalue weighted by molar-refractivity contribution is 5.78. The lowest BCUT2D eigenvalue weighted by Crippen LogP contribution is -2.42. The minimum atomic E-state index is -4.71. The van der Waals surface area contributed by atoms with Crippen LogP contribution >= 0.6 is 0 Å². The minimum Gasteiger partial charge on any atom is -0.481 e. The Morgan fingerprint density at radius 3 is 2.44 bits per heavy atom. The third-order valence-corrected chi connectivity index (χ3v) is 4.16. The van der Waals surface area contributed by atoms with E-state index in [4.69, 9.17) is 5.11 Å². The number of nitrogens with one attached hydrogen (secondary N) is 1. The quantitative estimate of drug-likeness (QED) is 0.789. The number of nitrogens with zero attached hydrogens (tertiary/aromatic N) is 1. The Hall–Kier alpha value is -2.16. The van der Waals surface area contributed by atoms with Gasteiger partial charge in [0.25, 0.3) is 0 Å². The first-order valence-corrected chi connectivity index (χ1v) is 7.74. The molecule has 0 atom stereocenters. The Kier molecular flexibility index (Phi) is 5.99. The summed E-state index contributed by atoms with van der Waals surface area (Å²) in [5.41, 5.74) is -1.33. The van der Waals surface area contributed by atoms with Crippen LogP contribution in [0.25, 0.3) is 0 Å². The second kappa shape index (κ2) is 7.81. The molecule has 0 unspecified atom stereocenters. The van der Waals surface area contributed by atoms with Crippen molar-refractivity contribution >= 4 is 11.9 Å². The molecule has 25 heavy (non-hydrogen) atoms. The third-order valence-electron chi connectivity index (χ3n) is 4.16. The molecule has 1 aliphatic heterocycles. The molecule has 1 aromatic carbocycles. The van der Waals surface area contributed by atoms with Crippen LogP contribution in [0.3, 0.4) is 0 Å². The standard InChI is InChI=1S/C16H18F4N2O3/c17-12-2-1-11(13(7-12)16(18,19)20)8-21-14(23)9-22-5-3-10(4-6-22)15(24)25/h1-2,7,10H,3-6,8-9H2,(H,21,23)(H,24,25). The first kappa shape index (κ1) is 19.2. The fraction of sp³-hybridized carbons (Fsp3) is 0.500. The summed E-state index contributed by atoms with van der Waals surface area (Å²) in [5.74, 6) is -2.75. The third kappa shape index (κ3) is 5.42. The molecule has 2 rings (SSSR count). The van der Waals surface area contributed by atoms with Gasteiger partial charge in [-0.15, -0.1) is 0 Å². The molecule has 1 aliphatic rings. The Labute approximate surface area is 141 Å². The molecular weight excluding hydrogens is 344 g/mol. The summed E-state index contributed by atoms with van der Waals surface area (Å²) >= 11 is 0. The second-order valence-corrected chi connectivity index (χ2v) is 5.96.